The molecular weight excluding hydrogens is 444 g/mol. The van der Waals surface area contributed by atoms with Crippen molar-refractivity contribution in [3.05, 3.63) is 62.8 Å². The van der Waals surface area contributed by atoms with Crippen LogP contribution in [0.15, 0.2) is 36.4 Å². The molecule has 9 heteroatoms. The Balaban J connectivity index is 2.14. The van der Waals surface area contributed by atoms with Crippen molar-refractivity contribution < 1.29 is 23.8 Å². The second-order valence-electron chi connectivity index (χ2n) is 6.15. The first-order chi connectivity index (χ1) is 13.7. The molecule has 0 heterocycles. The molecule has 2 rings (SSSR count). The van der Waals surface area contributed by atoms with Gasteiger partial charge in [-0.05, 0) is 37.6 Å². The molecule has 2 N–H and O–H groups in total. The lowest BCUT2D eigenvalue weighted by Gasteiger charge is -2.22. The molecule has 0 aromatic heterocycles. The number of rotatable bonds is 8. The number of hydrogen-bond donors (Lipinski definition) is 2. The molecule has 0 spiro atoms. The van der Waals surface area contributed by atoms with Gasteiger partial charge in [0.15, 0.2) is 0 Å². The highest BCUT2D eigenvalue weighted by Gasteiger charge is 2.31. The highest BCUT2D eigenvalue weighted by molar-refractivity contribution is 6.39. The fourth-order valence-electron chi connectivity index (χ4n) is 2.72. The monoisotopic (exact) mass is 461 g/mol. The minimum absolute atomic E-state index is 0.0286. The maximum absolute atomic E-state index is 13.3. The summed E-state index contributed by atoms with van der Waals surface area (Å²) < 4.78 is 18.3. The molecule has 156 valence electrons. The van der Waals surface area contributed by atoms with Gasteiger partial charge < -0.3 is 15.2 Å². The van der Waals surface area contributed by atoms with E-state index in [-0.39, 0.29) is 45.8 Å². The van der Waals surface area contributed by atoms with Crippen molar-refractivity contribution in [3.63, 3.8) is 0 Å². The summed E-state index contributed by atoms with van der Waals surface area (Å²) in [5, 5.41) is 13.8. The molecule has 0 radical (unpaired) electrons. The number of carbonyl (C=O) groups is 2. The second kappa shape index (κ2) is 10.8. The van der Waals surface area contributed by atoms with Crippen molar-refractivity contribution in [2.45, 2.75) is 25.9 Å². The van der Waals surface area contributed by atoms with Gasteiger partial charge in [0, 0.05) is 17.0 Å². The average molecular weight is 463 g/mol. The van der Waals surface area contributed by atoms with Crippen molar-refractivity contribution in [3.8, 4) is 0 Å². The molecule has 0 aliphatic carbocycles. The summed E-state index contributed by atoms with van der Waals surface area (Å²) in [6, 6.07) is 8.24. The highest BCUT2D eigenvalue weighted by Crippen LogP contribution is 2.33. The maximum Gasteiger partial charge on any atom is 0.311 e. The quantitative estimate of drug-likeness (QED) is 0.514. The van der Waals surface area contributed by atoms with Gasteiger partial charge in [0.25, 0.3) is 0 Å². The van der Waals surface area contributed by atoms with Crippen LogP contribution in [0.3, 0.4) is 0 Å². The molecule has 2 aromatic rings. The lowest BCUT2D eigenvalue weighted by molar-refractivity contribution is -0.152. The van der Waals surface area contributed by atoms with E-state index in [2.05, 4.69) is 5.32 Å². The number of benzene rings is 2. The zero-order valence-electron chi connectivity index (χ0n) is 15.4. The van der Waals surface area contributed by atoms with Crippen LogP contribution in [-0.2, 0) is 14.3 Å². The minimum atomic E-state index is -1.38. The van der Waals surface area contributed by atoms with Gasteiger partial charge in [0.05, 0.1) is 34.4 Å². The molecule has 2 unspecified atom stereocenters. The summed E-state index contributed by atoms with van der Waals surface area (Å²) in [5.74, 6) is -2.80. The van der Waals surface area contributed by atoms with E-state index in [1.54, 1.807) is 25.1 Å². The largest absolute Gasteiger partial charge is 0.466 e. The van der Waals surface area contributed by atoms with Gasteiger partial charge in [0.1, 0.15) is 5.82 Å². The smallest absolute Gasteiger partial charge is 0.311 e. The number of ether oxygens (including phenoxy) is 1. The molecule has 29 heavy (non-hydrogen) atoms. The van der Waals surface area contributed by atoms with Crippen LogP contribution in [-0.4, -0.2) is 23.6 Å². The van der Waals surface area contributed by atoms with Crippen LogP contribution < -0.4 is 5.32 Å². The Morgan fingerprint density at radius 3 is 2.38 bits per heavy atom. The van der Waals surface area contributed by atoms with Crippen LogP contribution >= 0.6 is 34.8 Å². The number of para-hydroxylation sites is 1. The summed E-state index contributed by atoms with van der Waals surface area (Å²) in [6.07, 6.45) is -1.54. The Labute approximate surface area is 182 Å². The molecule has 0 bridgehead atoms. The number of nitrogens with one attached hydrogen (secondary N) is 1. The summed E-state index contributed by atoms with van der Waals surface area (Å²) in [7, 11) is 0. The van der Waals surface area contributed by atoms with Crippen LogP contribution in [0.25, 0.3) is 0 Å². The fraction of sp³-hybridized carbons (Fsp3) is 0.300. The standard InChI is InChI=1S/C20H19Cl3FNO4/c1-2-29-20(28)13(19(27)12-7-6-11(24)10-16(12)23)8-9-17(26)25-18-14(21)4-3-5-15(18)22/h3-7,10,13,19,27H,2,8-9H2,1H3,(H,25,26). The Morgan fingerprint density at radius 1 is 1.14 bits per heavy atom. The van der Waals surface area contributed by atoms with Crippen LogP contribution in [0.2, 0.25) is 15.1 Å². The van der Waals surface area contributed by atoms with Gasteiger partial charge >= 0.3 is 5.97 Å². The minimum Gasteiger partial charge on any atom is -0.466 e. The van der Waals surface area contributed by atoms with Gasteiger partial charge in [0.2, 0.25) is 5.91 Å². The molecule has 2 atom stereocenters. The average Bonchev–Trinajstić information content (AvgIpc) is 2.65. The van der Waals surface area contributed by atoms with Gasteiger partial charge in [-0.25, -0.2) is 4.39 Å². The number of halogens is 4. The number of aliphatic hydroxyl groups is 1. The second-order valence-corrected chi connectivity index (χ2v) is 7.37. The van der Waals surface area contributed by atoms with Gasteiger partial charge in [-0.2, -0.15) is 0 Å². The summed E-state index contributed by atoms with van der Waals surface area (Å²) in [4.78, 5) is 24.7. The number of carbonyl (C=O) groups excluding carboxylic acids is 2. The first kappa shape index (κ1) is 23.4. The van der Waals surface area contributed by atoms with E-state index >= 15 is 0 Å². The Hall–Kier alpha value is -1.86. The van der Waals surface area contributed by atoms with Gasteiger partial charge in [-0.3, -0.25) is 9.59 Å². The highest BCUT2D eigenvalue weighted by atomic mass is 35.5. The Bertz CT molecular complexity index is 874. The van der Waals surface area contributed by atoms with Crippen molar-refractivity contribution >= 4 is 52.4 Å². The number of amides is 1. The Morgan fingerprint density at radius 2 is 1.79 bits per heavy atom. The van der Waals surface area contributed by atoms with E-state index in [1.807, 2.05) is 0 Å². The molecule has 0 saturated heterocycles. The predicted molar refractivity (Wildman–Crippen MR) is 111 cm³/mol. The zero-order chi connectivity index (χ0) is 21.6. The lowest BCUT2D eigenvalue weighted by atomic mass is 9.91. The molecule has 0 saturated carbocycles. The third-order valence-electron chi connectivity index (χ3n) is 4.16. The van der Waals surface area contributed by atoms with Crippen LogP contribution in [0.5, 0.6) is 0 Å². The van der Waals surface area contributed by atoms with E-state index < -0.39 is 29.7 Å². The van der Waals surface area contributed by atoms with Crippen molar-refractivity contribution in [1.29, 1.82) is 0 Å². The third-order valence-corrected chi connectivity index (χ3v) is 5.12. The topological polar surface area (TPSA) is 75.6 Å². The molecule has 0 fully saturated rings. The van der Waals surface area contributed by atoms with E-state index in [1.165, 1.54) is 6.07 Å². The van der Waals surface area contributed by atoms with Gasteiger partial charge in [-0.15, -0.1) is 0 Å². The van der Waals surface area contributed by atoms with Crippen LogP contribution in [0.4, 0.5) is 10.1 Å². The SMILES string of the molecule is CCOC(=O)C(CCC(=O)Nc1c(Cl)cccc1Cl)C(O)c1ccc(F)cc1Cl. The first-order valence-corrected chi connectivity index (χ1v) is 9.91. The zero-order valence-corrected chi connectivity index (χ0v) is 17.7. The molecule has 5 nitrogen and oxygen atoms in total. The van der Waals surface area contributed by atoms with Crippen molar-refractivity contribution in [1.82, 2.24) is 0 Å². The molecular formula is C20H19Cl3FNO4. The lowest BCUT2D eigenvalue weighted by Crippen LogP contribution is -2.26. The normalized spacial score (nSPS) is 12.9. The van der Waals surface area contributed by atoms with Crippen LogP contribution in [0, 0.1) is 11.7 Å². The fourth-order valence-corrected chi connectivity index (χ4v) is 3.49. The van der Waals surface area contributed by atoms with Gasteiger partial charge in [-0.1, -0.05) is 46.9 Å². The van der Waals surface area contributed by atoms with E-state index in [0.29, 0.717) is 0 Å². The van der Waals surface area contributed by atoms with E-state index in [9.17, 15) is 19.1 Å². The Kier molecular flexibility index (Phi) is 8.71. The van der Waals surface area contributed by atoms with E-state index in [4.69, 9.17) is 39.5 Å². The predicted octanol–water partition coefficient (Wildman–Crippen LogP) is 5.42. The molecule has 0 aliphatic heterocycles. The number of hydrogen-bond acceptors (Lipinski definition) is 4. The van der Waals surface area contributed by atoms with Crippen molar-refractivity contribution in [2.24, 2.45) is 5.92 Å². The third kappa shape index (κ3) is 6.31. The number of esters is 1. The maximum atomic E-state index is 13.3. The summed E-state index contributed by atoms with van der Waals surface area (Å²) in [5.41, 5.74) is 0.427. The summed E-state index contributed by atoms with van der Waals surface area (Å²) >= 11 is 18.1. The summed E-state index contributed by atoms with van der Waals surface area (Å²) in [6.45, 7) is 1.72. The molecule has 1 amide bonds. The van der Waals surface area contributed by atoms with Crippen LogP contribution in [0.1, 0.15) is 31.4 Å². The number of anilines is 1. The van der Waals surface area contributed by atoms with E-state index in [0.717, 1.165) is 12.1 Å². The first-order valence-electron chi connectivity index (χ1n) is 8.78. The van der Waals surface area contributed by atoms with Crippen molar-refractivity contribution in [2.75, 3.05) is 11.9 Å². The molecule has 2 aromatic carbocycles. The number of aliphatic hydroxyl groups excluding tert-OH is 1. The molecule has 0 aliphatic rings.